The minimum absolute atomic E-state index is 0.0348. The van der Waals surface area contributed by atoms with Crippen LogP contribution in [0.25, 0.3) is 0 Å². The number of likely N-dealkylation sites (tertiary alicyclic amines) is 1. The van der Waals surface area contributed by atoms with E-state index in [1.54, 1.807) is 0 Å². The van der Waals surface area contributed by atoms with E-state index in [0.717, 1.165) is 19.3 Å². The molecule has 0 radical (unpaired) electrons. The van der Waals surface area contributed by atoms with Gasteiger partial charge in [0.05, 0.1) is 6.61 Å². The van der Waals surface area contributed by atoms with Crippen molar-refractivity contribution >= 4 is 11.9 Å². The van der Waals surface area contributed by atoms with Gasteiger partial charge in [-0.3, -0.25) is 4.79 Å². The third kappa shape index (κ3) is 3.08. The number of ether oxygens (including phenoxy) is 1. The molecule has 0 aromatic rings. The highest BCUT2D eigenvalue weighted by atomic mass is 16.5. The minimum atomic E-state index is -0.473. The van der Waals surface area contributed by atoms with E-state index in [1.165, 1.54) is 4.90 Å². The smallest absolute Gasteiger partial charge is 0.354 e. The summed E-state index contributed by atoms with van der Waals surface area (Å²) in [5, 5.41) is 0. The van der Waals surface area contributed by atoms with Gasteiger partial charge in [-0.1, -0.05) is 19.9 Å². The average molecular weight is 211 g/mol. The standard InChI is InChI=1S/C11H17NO3/c1-3-4-8-15-11(14)9(2)12-7-5-6-10(12)13/h2-8H2,1H3. The lowest BCUT2D eigenvalue weighted by atomic mass is 10.3. The van der Waals surface area contributed by atoms with Gasteiger partial charge in [-0.2, -0.15) is 0 Å². The van der Waals surface area contributed by atoms with Crippen LogP contribution in [0.3, 0.4) is 0 Å². The van der Waals surface area contributed by atoms with Gasteiger partial charge in [0.2, 0.25) is 5.91 Å². The lowest BCUT2D eigenvalue weighted by molar-refractivity contribution is -0.143. The Balaban J connectivity index is 2.38. The first-order valence-corrected chi connectivity index (χ1v) is 5.33. The van der Waals surface area contributed by atoms with Crippen molar-refractivity contribution in [2.45, 2.75) is 32.6 Å². The fraction of sp³-hybridized carbons (Fsp3) is 0.636. The van der Waals surface area contributed by atoms with Gasteiger partial charge >= 0.3 is 5.97 Å². The second-order valence-electron chi connectivity index (χ2n) is 3.59. The number of unbranched alkanes of at least 4 members (excludes halogenated alkanes) is 1. The third-order valence-corrected chi connectivity index (χ3v) is 2.37. The van der Waals surface area contributed by atoms with Crippen molar-refractivity contribution in [2.24, 2.45) is 0 Å². The van der Waals surface area contributed by atoms with Gasteiger partial charge in [0.1, 0.15) is 5.70 Å². The predicted octanol–water partition coefficient (Wildman–Crippen LogP) is 1.47. The Bertz CT molecular complexity index is 273. The van der Waals surface area contributed by atoms with Crippen molar-refractivity contribution < 1.29 is 14.3 Å². The van der Waals surface area contributed by atoms with E-state index in [2.05, 4.69) is 6.58 Å². The summed E-state index contributed by atoms with van der Waals surface area (Å²) >= 11 is 0. The molecular weight excluding hydrogens is 194 g/mol. The molecule has 84 valence electrons. The normalized spacial score (nSPS) is 15.5. The van der Waals surface area contributed by atoms with Crippen LogP contribution >= 0.6 is 0 Å². The van der Waals surface area contributed by atoms with Crippen molar-refractivity contribution in [3.05, 3.63) is 12.3 Å². The molecule has 0 aromatic heterocycles. The summed E-state index contributed by atoms with van der Waals surface area (Å²) in [6, 6.07) is 0. The topological polar surface area (TPSA) is 46.6 Å². The molecule has 0 unspecified atom stereocenters. The van der Waals surface area contributed by atoms with Crippen LogP contribution in [0.15, 0.2) is 12.3 Å². The van der Waals surface area contributed by atoms with Gasteiger partial charge in [-0.25, -0.2) is 4.79 Å². The first-order valence-electron chi connectivity index (χ1n) is 5.33. The van der Waals surface area contributed by atoms with Crippen molar-refractivity contribution in [3.8, 4) is 0 Å². The molecule has 15 heavy (non-hydrogen) atoms. The van der Waals surface area contributed by atoms with Gasteiger partial charge in [0.25, 0.3) is 0 Å². The van der Waals surface area contributed by atoms with Crippen LogP contribution in [0.1, 0.15) is 32.6 Å². The molecule has 1 amide bonds. The first kappa shape index (κ1) is 11.8. The molecule has 1 rings (SSSR count). The van der Waals surface area contributed by atoms with Crippen LogP contribution in [0.5, 0.6) is 0 Å². The second-order valence-corrected chi connectivity index (χ2v) is 3.59. The number of rotatable bonds is 5. The molecule has 0 aliphatic carbocycles. The molecule has 0 bridgehead atoms. The van der Waals surface area contributed by atoms with Crippen LogP contribution in [0.4, 0.5) is 0 Å². The van der Waals surface area contributed by atoms with E-state index in [-0.39, 0.29) is 11.6 Å². The zero-order valence-electron chi connectivity index (χ0n) is 9.12. The van der Waals surface area contributed by atoms with Crippen molar-refractivity contribution in [1.82, 2.24) is 4.90 Å². The van der Waals surface area contributed by atoms with Crippen LogP contribution in [-0.4, -0.2) is 29.9 Å². The zero-order chi connectivity index (χ0) is 11.3. The predicted molar refractivity (Wildman–Crippen MR) is 56.0 cm³/mol. The Morgan fingerprint density at radius 3 is 2.87 bits per heavy atom. The van der Waals surface area contributed by atoms with Crippen LogP contribution in [-0.2, 0) is 14.3 Å². The maximum atomic E-state index is 11.4. The van der Waals surface area contributed by atoms with E-state index in [4.69, 9.17) is 4.74 Å². The van der Waals surface area contributed by atoms with Crippen molar-refractivity contribution in [1.29, 1.82) is 0 Å². The van der Waals surface area contributed by atoms with Crippen LogP contribution in [0, 0.1) is 0 Å². The Hall–Kier alpha value is -1.32. The van der Waals surface area contributed by atoms with Gasteiger partial charge in [0, 0.05) is 13.0 Å². The van der Waals surface area contributed by atoms with Gasteiger partial charge in [0.15, 0.2) is 0 Å². The van der Waals surface area contributed by atoms with Crippen LogP contribution in [0.2, 0.25) is 0 Å². The molecule has 1 heterocycles. The van der Waals surface area contributed by atoms with Crippen LogP contribution < -0.4 is 0 Å². The zero-order valence-corrected chi connectivity index (χ0v) is 9.12. The summed E-state index contributed by atoms with van der Waals surface area (Å²) in [6.07, 6.45) is 3.11. The minimum Gasteiger partial charge on any atom is -0.461 e. The summed E-state index contributed by atoms with van der Waals surface area (Å²) in [4.78, 5) is 24.2. The third-order valence-electron chi connectivity index (χ3n) is 2.37. The maximum absolute atomic E-state index is 11.4. The van der Waals surface area contributed by atoms with Gasteiger partial charge < -0.3 is 9.64 Å². The number of hydrogen-bond acceptors (Lipinski definition) is 3. The molecule has 1 saturated heterocycles. The lowest BCUT2D eigenvalue weighted by Crippen LogP contribution is -2.29. The Morgan fingerprint density at radius 1 is 1.60 bits per heavy atom. The number of carbonyl (C=O) groups excluding carboxylic acids is 2. The molecule has 1 aliphatic rings. The molecule has 0 aromatic carbocycles. The molecule has 0 saturated carbocycles. The van der Waals surface area contributed by atoms with Gasteiger partial charge in [-0.05, 0) is 12.8 Å². The highest BCUT2D eigenvalue weighted by molar-refractivity contribution is 5.94. The summed E-state index contributed by atoms with van der Waals surface area (Å²) in [7, 11) is 0. The molecular formula is C11H17NO3. The van der Waals surface area contributed by atoms with E-state index in [0.29, 0.717) is 19.6 Å². The first-order chi connectivity index (χ1) is 7.16. The Morgan fingerprint density at radius 2 is 2.33 bits per heavy atom. The molecule has 0 atom stereocenters. The second kappa shape index (κ2) is 5.53. The van der Waals surface area contributed by atoms with Crippen molar-refractivity contribution in [3.63, 3.8) is 0 Å². The highest BCUT2D eigenvalue weighted by Crippen LogP contribution is 2.15. The maximum Gasteiger partial charge on any atom is 0.354 e. The Labute approximate surface area is 89.9 Å². The largest absolute Gasteiger partial charge is 0.461 e. The fourth-order valence-electron chi connectivity index (χ4n) is 1.44. The number of carbonyl (C=O) groups is 2. The van der Waals surface area contributed by atoms with E-state index in [1.807, 2.05) is 6.92 Å². The number of hydrogen-bond donors (Lipinski definition) is 0. The summed E-state index contributed by atoms with van der Waals surface area (Å²) < 4.78 is 4.97. The molecule has 1 aliphatic heterocycles. The summed E-state index contributed by atoms with van der Waals surface area (Å²) in [5.41, 5.74) is 0.175. The van der Waals surface area contributed by atoms with Crippen molar-refractivity contribution in [2.75, 3.05) is 13.2 Å². The number of esters is 1. The highest BCUT2D eigenvalue weighted by Gasteiger charge is 2.26. The number of amides is 1. The number of nitrogens with zero attached hydrogens (tertiary/aromatic N) is 1. The molecule has 4 nitrogen and oxygen atoms in total. The average Bonchev–Trinajstić information content (AvgIpc) is 2.63. The summed E-state index contributed by atoms with van der Waals surface area (Å²) in [6.45, 7) is 6.60. The molecule has 0 N–H and O–H groups in total. The Kier molecular flexibility index (Phi) is 4.34. The molecule has 4 heteroatoms. The lowest BCUT2D eigenvalue weighted by Gasteiger charge is -2.16. The fourth-order valence-corrected chi connectivity index (χ4v) is 1.44. The molecule has 1 fully saturated rings. The SMILES string of the molecule is C=C(C(=O)OCCCC)N1CCCC1=O. The van der Waals surface area contributed by atoms with E-state index < -0.39 is 5.97 Å². The molecule has 0 spiro atoms. The van der Waals surface area contributed by atoms with E-state index in [9.17, 15) is 9.59 Å². The monoisotopic (exact) mass is 211 g/mol. The summed E-state index contributed by atoms with van der Waals surface area (Å²) in [5.74, 6) is -0.508. The van der Waals surface area contributed by atoms with E-state index >= 15 is 0 Å². The quantitative estimate of drug-likeness (QED) is 0.393. The van der Waals surface area contributed by atoms with Gasteiger partial charge in [-0.15, -0.1) is 0 Å².